The Kier molecular flexibility index (Phi) is 5.62. The van der Waals surface area contributed by atoms with E-state index < -0.39 is 5.97 Å². The minimum absolute atomic E-state index is 0.0217. The molecule has 172 valence electrons. The number of ether oxygens (including phenoxy) is 2. The summed E-state index contributed by atoms with van der Waals surface area (Å²) >= 11 is 0. The molecule has 3 aliphatic rings. The van der Waals surface area contributed by atoms with Crippen LogP contribution >= 0.6 is 0 Å². The first kappa shape index (κ1) is 21.2. The van der Waals surface area contributed by atoms with Gasteiger partial charge in [-0.2, -0.15) is 0 Å². The highest BCUT2D eigenvalue weighted by Crippen LogP contribution is 2.38. The average molecular weight is 450 g/mol. The molecule has 33 heavy (non-hydrogen) atoms. The Morgan fingerprint density at radius 1 is 1.30 bits per heavy atom. The van der Waals surface area contributed by atoms with Gasteiger partial charge in [0.2, 0.25) is 5.91 Å². The number of aliphatic imine (C=N–C) groups is 1. The summed E-state index contributed by atoms with van der Waals surface area (Å²) in [7, 11) is 1.33. The van der Waals surface area contributed by atoms with Crippen molar-refractivity contribution in [3.63, 3.8) is 0 Å². The van der Waals surface area contributed by atoms with E-state index in [0.29, 0.717) is 19.7 Å². The van der Waals surface area contributed by atoms with Crippen molar-refractivity contribution in [3.8, 4) is 5.75 Å². The van der Waals surface area contributed by atoms with E-state index in [4.69, 9.17) is 14.5 Å². The van der Waals surface area contributed by atoms with Crippen LogP contribution in [0.4, 0.5) is 17.1 Å². The number of pyridine rings is 1. The fraction of sp³-hybridized carbons (Fsp3) is 0.417. The third-order valence-electron chi connectivity index (χ3n) is 6.42. The largest absolute Gasteiger partial charge is 0.493 e. The molecule has 3 aliphatic heterocycles. The number of aromatic nitrogens is 1. The number of methoxy groups -OCH3 is 1. The Balaban J connectivity index is 1.36. The summed E-state index contributed by atoms with van der Waals surface area (Å²) < 4.78 is 10.8. The topological polar surface area (TPSA) is 96.4 Å². The van der Waals surface area contributed by atoms with Crippen molar-refractivity contribution in [3.05, 3.63) is 41.7 Å². The zero-order valence-corrected chi connectivity index (χ0v) is 18.8. The lowest BCUT2D eigenvalue weighted by Gasteiger charge is -2.43. The Labute approximate surface area is 192 Å². The van der Waals surface area contributed by atoms with Crippen molar-refractivity contribution in [2.75, 3.05) is 43.6 Å². The van der Waals surface area contributed by atoms with Crippen LogP contribution in [-0.4, -0.2) is 66.9 Å². The summed E-state index contributed by atoms with van der Waals surface area (Å²) in [5, 5.41) is 3.44. The highest BCUT2D eigenvalue weighted by atomic mass is 16.5. The molecule has 1 fully saturated rings. The highest BCUT2D eigenvalue weighted by Gasteiger charge is 2.34. The lowest BCUT2D eigenvalue weighted by atomic mass is 10.0. The minimum atomic E-state index is -0.480. The molecule has 0 radical (unpaired) electrons. The number of carbonyl (C=O) groups excluding carboxylic acids is 2. The quantitative estimate of drug-likeness (QED) is 0.720. The Morgan fingerprint density at radius 3 is 2.94 bits per heavy atom. The number of rotatable bonds is 3. The molecule has 1 N–H and O–H groups in total. The van der Waals surface area contributed by atoms with Crippen LogP contribution in [0.25, 0.3) is 0 Å². The summed E-state index contributed by atoms with van der Waals surface area (Å²) in [5.74, 6) is 0.382. The Bertz CT molecular complexity index is 1110. The number of fused-ring (bicyclic) bond motifs is 3. The van der Waals surface area contributed by atoms with E-state index in [-0.39, 0.29) is 24.2 Å². The molecule has 0 bridgehead atoms. The number of esters is 1. The zero-order valence-electron chi connectivity index (χ0n) is 18.8. The number of piperazine rings is 1. The number of hydrogen-bond acceptors (Lipinski definition) is 8. The third kappa shape index (κ3) is 4.10. The number of carbonyl (C=O) groups is 2. The van der Waals surface area contributed by atoms with Crippen molar-refractivity contribution >= 4 is 34.7 Å². The molecule has 2 aromatic rings. The van der Waals surface area contributed by atoms with Gasteiger partial charge in [0.15, 0.2) is 0 Å². The minimum Gasteiger partial charge on any atom is -0.493 e. The second-order valence-corrected chi connectivity index (χ2v) is 8.45. The van der Waals surface area contributed by atoms with Crippen molar-refractivity contribution in [1.82, 2.24) is 9.88 Å². The summed E-state index contributed by atoms with van der Waals surface area (Å²) in [4.78, 5) is 37.7. The maximum atomic E-state index is 13.2. The average Bonchev–Trinajstić information content (AvgIpc) is 2.83. The number of anilines is 2. The normalized spacial score (nSPS) is 19.6. The lowest BCUT2D eigenvalue weighted by Crippen LogP contribution is -2.57. The van der Waals surface area contributed by atoms with Crippen LogP contribution in [0.15, 0.2) is 35.5 Å². The smallest absolute Gasteiger partial charge is 0.356 e. The maximum absolute atomic E-state index is 13.2. The van der Waals surface area contributed by atoms with Gasteiger partial charge in [0, 0.05) is 36.9 Å². The summed E-state index contributed by atoms with van der Waals surface area (Å²) in [6.45, 7) is 4.81. The number of amides is 1. The van der Waals surface area contributed by atoms with E-state index in [1.165, 1.54) is 7.11 Å². The van der Waals surface area contributed by atoms with Gasteiger partial charge in [-0.15, -0.1) is 0 Å². The van der Waals surface area contributed by atoms with Crippen molar-refractivity contribution in [2.45, 2.75) is 32.4 Å². The maximum Gasteiger partial charge on any atom is 0.356 e. The molecule has 0 aliphatic carbocycles. The predicted octanol–water partition coefficient (Wildman–Crippen LogP) is 2.78. The third-order valence-corrected chi connectivity index (χ3v) is 6.42. The predicted molar refractivity (Wildman–Crippen MR) is 125 cm³/mol. The molecule has 1 atom stereocenters. The SMILES string of the molecule is CCC1=Nc2cc3c(cc2NC1)CN1C(=O)CN(c2ccc(C(=O)OC)nc2)C[C@H]1CCO3. The summed E-state index contributed by atoms with van der Waals surface area (Å²) in [5.41, 5.74) is 5.04. The molecule has 1 aromatic carbocycles. The van der Waals surface area contributed by atoms with Crippen LogP contribution in [0, 0.1) is 0 Å². The van der Waals surface area contributed by atoms with Crippen LogP contribution in [-0.2, 0) is 16.1 Å². The van der Waals surface area contributed by atoms with Crippen LogP contribution in [0.5, 0.6) is 5.75 Å². The number of benzene rings is 1. The number of nitrogens with one attached hydrogen (secondary N) is 1. The first-order valence-corrected chi connectivity index (χ1v) is 11.2. The molecule has 0 saturated carbocycles. The van der Waals surface area contributed by atoms with Gasteiger partial charge < -0.3 is 24.6 Å². The van der Waals surface area contributed by atoms with Crippen LogP contribution in [0.1, 0.15) is 35.8 Å². The fourth-order valence-corrected chi connectivity index (χ4v) is 4.54. The van der Waals surface area contributed by atoms with E-state index in [9.17, 15) is 9.59 Å². The van der Waals surface area contributed by atoms with E-state index in [2.05, 4.69) is 23.3 Å². The van der Waals surface area contributed by atoms with E-state index in [0.717, 1.165) is 53.5 Å². The molecule has 9 heteroatoms. The molecular weight excluding hydrogens is 422 g/mol. The summed E-state index contributed by atoms with van der Waals surface area (Å²) in [6.07, 6.45) is 3.26. The van der Waals surface area contributed by atoms with Gasteiger partial charge >= 0.3 is 5.97 Å². The lowest BCUT2D eigenvalue weighted by molar-refractivity contribution is -0.135. The molecule has 5 rings (SSSR count). The van der Waals surface area contributed by atoms with Crippen LogP contribution < -0.4 is 15.0 Å². The Morgan fingerprint density at radius 2 is 2.18 bits per heavy atom. The van der Waals surface area contributed by atoms with Gasteiger partial charge in [-0.25, -0.2) is 9.78 Å². The van der Waals surface area contributed by atoms with Crippen molar-refractivity contribution in [1.29, 1.82) is 0 Å². The molecular formula is C24H27N5O4. The van der Waals surface area contributed by atoms with Gasteiger partial charge in [-0.05, 0) is 24.6 Å². The molecule has 9 nitrogen and oxygen atoms in total. The Hall–Kier alpha value is -3.62. The van der Waals surface area contributed by atoms with Gasteiger partial charge in [0.1, 0.15) is 11.4 Å². The van der Waals surface area contributed by atoms with E-state index >= 15 is 0 Å². The molecule has 1 amide bonds. The molecule has 0 unspecified atom stereocenters. The second kappa shape index (κ2) is 8.73. The monoisotopic (exact) mass is 449 g/mol. The number of nitrogens with zero attached hydrogens (tertiary/aromatic N) is 4. The van der Waals surface area contributed by atoms with Crippen molar-refractivity contribution in [2.24, 2.45) is 4.99 Å². The fourth-order valence-electron chi connectivity index (χ4n) is 4.54. The standard InChI is InChI=1S/C24H27N5O4/c1-3-16-10-25-20-8-15-12-29-18(6-7-33-22(15)9-21(20)27-16)13-28(14-23(29)30)17-4-5-19(26-11-17)24(31)32-2/h4-5,8-9,11,18,25H,3,6-7,10,12-14H2,1-2H3/t18-/m1/s1. The van der Waals surface area contributed by atoms with Crippen LogP contribution in [0.2, 0.25) is 0 Å². The van der Waals surface area contributed by atoms with Crippen molar-refractivity contribution < 1.29 is 19.1 Å². The van der Waals surface area contributed by atoms with Gasteiger partial charge in [-0.1, -0.05) is 6.92 Å². The molecule has 1 aromatic heterocycles. The van der Waals surface area contributed by atoms with Gasteiger partial charge in [-0.3, -0.25) is 9.79 Å². The molecule has 4 heterocycles. The number of hydrogen-bond donors (Lipinski definition) is 1. The first-order valence-electron chi connectivity index (χ1n) is 11.2. The van der Waals surface area contributed by atoms with E-state index in [1.54, 1.807) is 18.3 Å². The summed E-state index contributed by atoms with van der Waals surface area (Å²) in [6, 6.07) is 7.51. The zero-order chi connectivity index (χ0) is 22.9. The van der Waals surface area contributed by atoms with E-state index in [1.807, 2.05) is 15.9 Å². The first-order chi connectivity index (χ1) is 16.1. The second-order valence-electron chi connectivity index (χ2n) is 8.45. The highest BCUT2D eigenvalue weighted by molar-refractivity contribution is 5.95. The molecule has 0 spiro atoms. The molecule has 1 saturated heterocycles. The van der Waals surface area contributed by atoms with Crippen LogP contribution in [0.3, 0.4) is 0 Å². The van der Waals surface area contributed by atoms with Gasteiger partial charge in [0.05, 0.1) is 56.1 Å². The van der Waals surface area contributed by atoms with Gasteiger partial charge in [0.25, 0.3) is 0 Å².